The van der Waals surface area contributed by atoms with Gasteiger partial charge >= 0.3 is 6.18 Å². The van der Waals surface area contributed by atoms with Gasteiger partial charge in [0.25, 0.3) is 0 Å². The fourth-order valence-corrected chi connectivity index (χ4v) is 13.4. The maximum atomic E-state index is 15.6. The topological polar surface area (TPSA) is 89.6 Å². The van der Waals surface area contributed by atoms with Crippen LogP contribution in [-0.2, 0) is 6.18 Å². The largest absolute Gasteiger partial charge is 0.415 e. The van der Waals surface area contributed by atoms with Crippen molar-refractivity contribution in [3.63, 3.8) is 0 Å². The Morgan fingerprint density at radius 1 is 0.340 bits per heavy atom. The van der Waals surface area contributed by atoms with Crippen LogP contribution in [0.4, 0.5) is 18.9 Å². The molecule has 94 heavy (non-hydrogen) atoms. The summed E-state index contributed by atoms with van der Waals surface area (Å²) in [5.74, 6) is 0. The summed E-state index contributed by atoms with van der Waals surface area (Å²) in [6, 6.07) is 90.5. The summed E-state index contributed by atoms with van der Waals surface area (Å²) in [6.45, 7) is 8.32. The van der Waals surface area contributed by atoms with Crippen LogP contribution in [0.15, 0.2) is 298 Å². The summed E-state index contributed by atoms with van der Waals surface area (Å²) < 4.78 is 50.9. The van der Waals surface area contributed by atoms with E-state index in [1.54, 1.807) is 36.9 Å². The highest BCUT2D eigenvalue weighted by Gasteiger charge is 2.33. The van der Waals surface area contributed by atoms with Gasteiger partial charge in [0, 0.05) is 102 Å². The maximum absolute atomic E-state index is 15.6. The smallest absolute Gasteiger partial charge is 0.308 e. The quantitative estimate of drug-likeness (QED) is 0.120. The van der Waals surface area contributed by atoms with Crippen molar-refractivity contribution in [2.24, 2.45) is 0 Å². The normalized spacial score (nSPS) is 11.5. The summed E-state index contributed by atoms with van der Waals surface area (Å²) in [4.78, 5) is 23.3. The molecule has 0 atom stereocenters. The average molecular weight is 1220 g/mol. The summed E-state index contributed by atoms with van der Waals surface area (Å²) in [6.07, 6.45) is 2.31. The molecule has 442 valence electrons. The van der Waals surface area contributed by atoms with Crippen molar-refractivity contribution in [3.8, 4) is 118 Å². The highest BCUT2D eigenvalue weighted by atomic mass is 19.4. The minimum atomic E-state index is -4.84. The Bertz CT molecular complexity index is 5160. The van der Waals surface area contributed by atoms with E-state index in [9.17, 15) is 5.26 Å². The third-order valence-electron chi connectivity index (χ3n) is 17.6. The SMILES string of the molecule is [C-]#[N+]c1cc(-c2c(-n3c4ccc(-c5cccnc5-c5ccccc5)cc4c4cc(-c5cccnc5-c5ccccc5)ccc43)cc(C#N)cc2-n2c3ccc(-c4cccnc4-c4ccccc4)cc3c3cc(-c4cccnc4-c4ccccc4)ccc32)cc(C(F)(F)F)c1. The van der Waals surface area contributed by atoms with Gasteiger partial charge in [-0.25, -0.2) is 4.85 Å². The monoisotopic (exact) mass is 1210 g/mol. The van der Waals surface area contributed by atoms with Crippen molar-refractivity contribution < 1.29 is 13.2 Å². The Balaban J connectivity index is 1.02. The van der Waals surface area contributed by atoms with Gasteiger partial charge in [-0.05, 0) is 131 Å². The van der Waals surface area contributed by atoms with Crippen LogP contribution in [0.1, 0.15) is 11.1 Å². The van der Waals surface area contributed by atoms with Crippen molar-refractivity contribution in [2.45, 2.75) is 6.18 Å². The van der Waals surface area contributed by atoms with Crippen molar-refractivity contribution in [2.75, 3.05) is 0 Å². The van der Waals surface area contributed by atoms with Crippen LogP contribution in [-0.4, -0.2) is 29.1 Å². The fourth-order valence-electron chi connectivity index (χ4n) is 13.4. The van der Waals surface area contributed by atoms with Gasteiger partial charge in [0.15, 0.2) is 5.69 Å². The number of halogens is 3. The van der Waals surface area contributed by atoms with Gasteiger partial charge < -0.3 is 9.13 Å². The van der Waals surface area contributed by atoms with Crippen molar-refractivity contribution in [1.29, 1.82) is 5.26 Å². The van der Waals surface area contributed by atoms with Gasteiger partial charge in [-0.3, -0.25) is 19.9 Å². The molecule has 0 spiro atoms. The van der Waals surface area contributed by atoms with Crippen LogP contribution >= 0.6 is 0 Å². The van der Waals surface area contributed by atoms with E-state index in [1.807, 2.05) is 194 Å². The summed E-state index contributed by atoms with van der Waals surface area (Å²) in [5, 5.41) is 14.8. The molecule has 6 heterocycles. The second-order valence-corrected chi connectivity index (χ2v) is 23.0. The van der Waals surface area contributed by atoms with Crippen molar-refractivity contribution >= 4 is 49.3 Å². The minimum Gasteiger partial charge on any atom is -0.308 e. The van der Waals surface area contributed by atoms with Crippen LogP contribution in [0.2, 0.25) is 0 Å². The zero-order valence-corrected chi connectivity index (χ0v) is 50.0. The number of hydrogen-bond donors (Lipinski definition) is 0. The second-order valence-electron chi connectivity index (χ2n) is 23.0. The maximum Gasteiger partial charge on any atom is 0.415 e. The molecular weight excluding hydrogens is 1170 g/mol. The molecule has 0 fully saturated rings. The molecule has 0 aliphatic heterocycles. The highest BCUT2D eigenvalue weighted by Crippen LogP contribution is 2.48. The molecule has 0 unspecified atom stereocenters. The van der Waals surface area contributed by atoms with E-state index in [2.05, 4.69) is 68.6 Å². The first kappa shape index (κ1) is 56.4. The van der Waals surface area contributed by atoms with Crippen LogP contribution in [0.5, 0.6) is 0 Å². The average Bonchev–Trinajstić information content (AvgIpc) is 1.55. The molecule has 0 aliphatic carbocycles. The number of aromatic nitrogens is 6. The predicted octanol–water partition coefficient (Wildman–Crippen LogP) is 21.9. The zero-order chi connectivity index (χ0) is 63.4. The molecule has 0 radical (unpaired) electrons. The number of hydrogen-bond acceptors (Lipinski definition) is 5. The molecule has 0 N–H and O–H groups in total. The predicted molar refractivity (Wildman–Crippen MR) is 371 cm³/mol. The van der Waals surface area contributed by atoms with Crippen LogP contribution in [0, 0.1) is 17.9 Å². The van der Waals surface area contributed by atoms with Gasteiger partial charge in [-0.1, -0.05) is 170 Å². The second kappa shape index (κ2) is 23.2. The first-order valence-electron chi connectivity index (χ1n) is 30.6. The molecular formula is C83H49F3N8. The third-order valence-corrected chi connectivity index (χ3v) is 17.6. The van der Waals surface area contributed by atoms with E-state index in [0.717, 1.165) is 123 Å². The van der Waals surface area contributed by atoms with Crippen LogP contribution in [0.25, 0.3) is 160 Å². The number of alkyl halides is 3. The standard InChI is InChI=1S/C83H49F3N8/c1-88-63-45-61(44-62(50-63)83(84,85)86)78-76(93-72-34-30-57(64-26-14-38-89-79(64)53-18-6-2-7-19-53)46-68(72)69-47-58(31-35-73(69)93)65-27-15-39-90-80(65)54-20-8-3-9-21-54)42-52(51-87)43-77(78)94-74-36-32-59(66-28-16-40-91-81(66)55-22-10-4-11-23-55)48-70(74)71-49-60(33-37-75(71)94)67-29-17-41-92-82(67)56-24-12-5-13-25-56/h2-50H. The summed E-state index contributed by atoms with van der Waals surface area (Å²) >= 11 is 0. The van der Waals surface area contributed by atoms with E-state index in [4.69, 9.17) is 26.5 Å². The number of nitrogens with zero attached hydrogens (tertiary/aromatic N) is 8. The number of nitriles is 1. The van der Waals surface area contributed by atoms with Gasteiger partial charge in [0.1, 0.15) is 0 Å². The Morgan fingerprint density at radius 3 is 0.947 bits per heavy atom. The van der Waals surface area contributed by atoms with E-state index < -0.39 is 11.7 Å². The minimum absolute atomic E-state index is 0.123. The number of benzene rings is 10. The Morgan fingerprint density at radius 2 is 0.660 bits per heavy atom. The number of pyridine rings is 4. The molecule has 6 aromatic heterocycles. The van der Waals surface area contributed by atoms with Gasteiger partial charge in [0.05, 0.1) is 74.4 Å². The lowest BCUT2D eigenvalue weighted by Gasteiger charge is -2.22. The molecule has 16 rings (SSSR count). The summed E-state index contributed by atoms with van der Waals surface area (Å²) in [5.41, 5.74) is 17.3. The van der Waals surface area contributed by atoms with E-state index in [-0.39, 0.29) is 16.8 Å². The first-order valence-corrected chi connectivity index (χ1v) is 30.6. The van der Waals surface area contributed by atoms with Gasteiger partial charge in [-0.2, -0.15) is 18.4 Å². The molecule has 0 saturated heterocycles. The van der Waals surface area contributed by atoms with Crippen LogP contribution < -0.4 is 0 Å². The highest BCUT2D eigenvalue weighted by molar-refractivity contribution is 6.15. The van der Waals surface area contributed by atoms with E-state index in [1.165, 1.54) is 6.07 Å². The molecule has 0 aliphatic rings. The molecule has 0 amide bonds. The Labute approximate surface area is 538 Å². The number of rotatable bonds is 11. The molecule has 8 nitrogen and oxygen atoms in total. The summed E-state index contributed by atoms with van der Waals surface area (Å²) in [7, 11) is 0. The lowest BCUT2D eigenvalue weighted by atomic mass is 9.95. The zero-order valence-electron chi connectivity index (χ0n) is 50.0. The first-order chi connectivity index (χ1) is 46.2. The fraction of sp³-hybridized carbons (Fsp3) is 0.0120. The molecule has 0 saturated carbocycles. The molecule has 16 aromatic rings. The van der Waals surface area contributed by atoms with Crippen molar-refractivity contribution in [3.05, 3.63) is 320 Å². The van der Waals surface area contributed by atoms with Crippen LogP contribution in [0.3, 0.4) is 0 Å². The molecule has 0 bridgehead atoms. The van der Waals surface area contributed by atoms with Gasteiger partial charge in [-0.15, -0.1) is 0 Å². The van der Waals surface area contributed by atoms with E-state index >= 15 is 13.2 Å². The lowest BCUT2D eigenvalue weighted by Crippen LogP contribution is -2.07. The Hall–Kier alpha value is -12.8. The lowest BCUT2D eigenvalue weighted by molar-refractivity contribution is -0.137. The molecule has 11 heteroatoms. The van der Waals surface area contributed by atoms with E-state index in [0.29, 0.717) is 39.0 Å². The number of fused-ring (bicyclic) bond motifs is 6. The van der Waals surface area contributed by atoms with Gasteiger partial charge in [0.2, 0.25) is 0 Å². The third kappa shape index (κ3) is 9.89. The Kier molecular flexibility index (Phi) is 13.9. The molecule has 10 aromatic carbocycles. The van der Waals surface area contributed by atoms with Crippen molar-refractivity contribution in [1.82, 2.24) is 29.1 Å².